The molecule has 0 saturated carbocycles. The van der Waals surface area contributed by atoms with Crippen molar-refractivity contribution in [2.75, 3.05) is 41.0 Å². The van der Waals surface area contributed by atoms with Crippen LogP contribution in [0.25, 0.3) is 0 Å². The summed E-state index contributed by atoms with van der Waals surface area (Å²) in [7, 11) is 4.88. The zero-order valence-corrected chi connectivity index (χ0v) is 23.5. The second-order valence-electron chi connectivity index (χ2n) is 10.1. The Hall–Kier alpha value is -2.36. The molecule has 0 bridgehead atoms. The fraction of sp³-hybridized carbons (Fsp3) is 0.714. The molecule has 0 aliphatic carbocycles. The number of amides is 2. The highest BCUT2D eigenvalue weighted by molar-refractivity contribution is 5.78. The number of carbonyl (C=O) groups excluding carboxylic acids is 2. The van der Waals surface area contributed by atoms with Crippen molar-refractivity contribution < 1.29 is 28.9 Å². The number of aliphatic hydroxyl groups is 1. The number of aliphatic hydroxyl groups excluding tert-OH is 1. The van der Waals surface area contributed by atoms with Gasteiger partial charge >= 0.3 is 0 Å². The maximum absolute atomic E-state index is 12.4. The van der Waals surface area contributed by atoms with E-state index >= 15 is 0 Å². The minimum Gasteiger partial charge on any atom is -0.493 e. The van der Waals surface area contributed by atoms with E-state index in [2.05, 4.69) is 24.5 Å². The van der Waals surface area contributed by atoms with E-state index < -0.39 is 12.1 Å². The smallest absolute Gasteiger partial charge is 0.222 e. The highest BCUT2D eigenvalue weighted by Gasteiger charge is 2.26. The van der Waals surface area contributed by atoms with Gasteiger partial charge in [-0.3, -0.25) is 9.59 Å². The van der Waals surface area contributed by atoms with Gasteiger partial charge in [-0.05, 0) is 55.2 Å². The summed E-state index contributed by atoms with van der Waals surface area (Å²) in [5.74, 6) is 1.43. The fourth-order valence-corrected chi connectivity index (χ4v) is 4.15. The van der Waals surface area contributed by atoms with E-state index in [9.17, 15) is 14.7 Å². The Labute approximate surface area is 222 Å². The van der Waals surface area contributed by atoms with Crippen LogP contribution >= 0.6 is 0 Å². The number of nitrogens with two attached hydrogens (primary N) is 1. The topological polar surface area (TPSA) is 132 Å². The molecule has 9 nitrogen and oxygen atoms in total. The van der Waals surface area contributed by atoms with E-state index in [0.717, 1.165) is 18.4 Å². The van der Waals surface area contributed by atoms with Crippen LogP contribution in [0.4, 0.5) is 0 Å². The Bertz CT molecular complexity index is 804. The van der Waals surface area contributed by atoms with Crippen LogP contribution in [-0.4, -0.2) is 70.1 Å². The lowest BCUT2D eigenvalue weighted by Crippen LogP contribution is -2.41. The van der Waals surface area contributed by atoms with Crippen LogP contribution in [0.3, 0.4) is 0 Å². The normalized spacial score (nSPS) is 14.5. The highest BCUT2D eigenvalue weighted by Crippen LogP contribution is 2.31. The molecule has 212 valence electrons. The summed E-state index contributed by atoms with van der Waals surface area (Å²) in [4.78, 5) is 23.7. The third-order valence-corrected chi connectivity index (χ3v) is 6.69. The van der Waals surface area contributed by atoms with Gasteiger partial charge in [0.2, 0.25) is 11.8 Å². The van der Waals surface area contributed by atoms with Gasteiger partial charge in [-0.1, -0.05) is 26.8 Å². The van der Waals surface area contributed by atoms with Gasteiger partial charge in [-0.2, -0.15) is 0 Å². The molecular formula is C28H49N3O6. The Morgan fingerprint density at radius 2 is 1.78 bits per heavy atom. The zero-order chi connectivity index (χ0) is 27.8. The van der Waals surface area contributed by atoms with Crippen molar-refractivity contribution in [1.29, 1.82) is 0 Å². The molecule has 0 spiro atoms. The molecule has 0 aliphatic heterocycles. The van der Waals surface area contributed by atoms with Crippen LogP contribution in [0.15, 0.2) is 18.2 Å². The molecule has 5 N–H and O–H groups in total. The van der Waals surface area contributed by atoms with Gasteiger partial charge in [0.05, 0.1) is 19.8 Å². The molecule has 0 fully saturated rings. The molecule has 2 amide bonds. The number of ether oxygens (including phenoxy) is 3. The van der Waals surface area contributed by atoms with Crippen molar-refractivity contribution in [3.63, 3.8) is 0 Å². The first-order valence-electron chi connectivity index (χ1n) is 13.3. The number of hydrogen-bond acceptors (Lipinski definition) is 7. The van der Waals surface area contributed by atoms with Crippen LogP contribution in [0.5, 0.6) is 11.5 Å². The molecule has 0 heterocycles. The molecule has 4 atom stereocenters. The number of nitrogens with one attached hydrogen (secondary N) is 2. The first kappa shape index (κ1) is 32.7. The Morgan fingerprint density at radius 3 is 2.41 bits per heavy atom. The first-order chi connectivity index (χ1) is 17.6. The summed E-state index contributed by atoms with van der Waals surface area (Å²) in [5, 5.41) is 16.2. The number of rotatable bonds is 19. The average Bonchev–Trinajstić information content (AvgIpc) is 2.88. The van der Waals surface area contributed by atoms with Crippen molar-refractivity contribution in [3.05, 3.63) is 23.8 Å². The van der Waals surface area contributed by atoms with Gasteiger partial charge in [0.25, 0.3) is 0 Å². The van der Waals surface area contributed by atoms with Crippen molar-refractivity contribution in [2.45, 2.75) is 71.4 Å². The standard InChI is InChI=1S/C28H49N3O6/c1-19(2)22(16-21-10-11-25(36-6)26(17-21)37-14-8-13-35-5)18-23(29)24(32)15-20(3)28(34)31-12-7-9-27(33)30-4/h10-11,17,19-20,22-24,32H,7-9,12-16,18,29H2,1-6H3,(H,30,33)(H,31,34). The lowest BCUT2D eigenvalue weighted by Gasteiger charge is -2.28. The fourth-order valence-electron chi connectivity index (χ4n) is 4.15. The van der Waals surface area contributed by atoms with Gasteiger partial charge < -0.3 is 35.7 Å². The first-order valence-corrected chi connectivity index (χ1v) is 13.3. The molecule has 0 aromatic heterocycles. The summed E-state index contributed by atoms with van der Waals surface area (Å²) in [6.07, 6.45) is 2.65. The van der Waals surface area contributed by atoms with Crippen LogP contribution in [-0.2, 0) is 20.7 Å². The minimum absolute atomic E-state index is 0.0520. The SMILES string of the molecule is CNC(=O)CCCNC(=O)C(C)CC(O)C(N)CC(Cc1ccc(OC)c(OCCCOC)c1)C(C)C. The number of carbonyl (C=O) groups is 2. The molecule has 4 unspecified atom stereocenters. The summed E-state index contributed by atoms with van der Waals surface area (Å²) in [6.45, 7) is 7.70. The summed E-state index contributed by atoms with van der Waals surface area (Å²) < 4.78 is 16.5. The van der Waals surface area contributed by atoms with Crippen LogP contribution in [0, 0.1) is 17.8 Å². The van der Waals surface area contributed by atoms with Crippen LogP contribution < -0.4 is 25.8 Å². The molecule has 1 aromatic carbocycles. The van der Waals surface area contributed by atoms with Gasteiger partial charge in [-0.15, -0.1) is 0 Å². The van der Waals surface area contributed by atoms with Gasteiger partial charge in [0, 0.05) is 52.1 Å². The summed E-state index contributed by atoms with van der Waals surface area (Å²) in [6, 6.07) is 5.52. The van der Waals surface area contributed by atoms with E-state index in [4.69, 9.17) is 19.9 Å². The van der Waals surface area contributed by atoms with Crippen molar-refractivity contribution in [1.82, 2.24) is 10.6 Å². The third-order valence-electron chi connectivity index (χ3n) is 6.69. The predicted octanol–water partition coefficient (Wildman–Crippen LogP) is 2.67. The van der Waals surface area contributed by atoms with Crippen LogP contribution in [0.1, 0.15) is 58.4 Å². The summed E-state index contributed by atoms with van der Waals surface area (Å²) in [5.41, 5.74) is 7.53. The molecule has 0 radical (unpaired) electrons. The maximum atomic E-state index is 12.4. The number of methoxy groups -OCH3 is 2. The molecule has 0 saturated heterocycles. The number of hydrogen-bond donors (Lipinski definition) is 4. The van der Waals surface area contributed by atoms with Crippen LogP contribution in [0.2, 0.25) is 0 Å². The predicted molar refractivity (Wildman–Crippen MR) is 146 cm³/mol. The van der Waals surface area contributed by atoms with Crippen molar-refractivity contribution >= 4 is 11.8 Å². The Balaban J connectivity index is 2.66. The maximum Gasteiger partial charge on any atom is 0.222 e. The number of benzene rings is 1. The Morgan fingerprint density at radius 1 is 1.05 bits per heavy atom. The molecular weight excluding hydrogens is 474 g/mol. The largest absolute Gasteiger partial charge is 0.493 e. The van der Waals surface area contributed by atoms with E-state index in [-0.39, 0.29) is 30.1 Å². The lowest BCUT2D eigenvalue weighted by molar-refractivity contribution is -0.126. The zero-order valence-electron chi connectivity index (χ0n) is 23.5. The highest BCUT2D eigenvalue weighted by atomic mass is 16.5. The average molecular weight is 524 g/mol. The van der Waals surface area contributed by atoms with Gasteiger partial charge in [0.1, 0.15) is 0 Å². The van der Waals surface area contributed by atoms with Crippen molar-refractivity contribution in [2.24, 2.45) is 23.5 Å². The molecule has 9 heteroatoms. The van der Waals surface area contributed by atoms with Gasteiger partial charge in [-0.25, -0.2) is 0 Å². The molecule has 1 rings (SSSR count). The lowest BCUT2D eigenvalue weighted by atomic mass is 9.82. The van der Waals surface area contributed by atoms with Crippen molar-refractivity contribution in [3.8, 4) is 11.5 Å². The quantitative estimate of drug-likeness (QED) is 0.205. The van der Waals surface area contributed by atoms with Gasteiger partial charge in [0.15, 0.2) is 11.5 Å². The second-order valence-corrected chi connectivity index (χ2v) is 10.1. The molecule has 37 heavy (non-hydrogen) atoms. The van der Waals surface area contributed by atoms with E-state index in [1.165, 1.54) is 0 Å². The summed E-state index contributed by atoms with van der Waals surface area (Å²) >= 11 is 0. The van der Waals surface area contributed by atoms with E-state index in [0.29, 0.717) is 56.4 Å². The van der Waals surface area contributed by atoms with E-state index in [1.54, 1.807) is 28.2 Å². The Kier molecular flexibility index (Phi) is 15.9. The molecule has 0 aliphatic rings. The van der Waals surface area contributed by atoms with E-state index in [1.807, 2.05) is 18.2 Å². The third kappa shape index (κ3) is 12.6. The second kappa shape index (κ2) is 18.0. The molecule has 1 aromatic rings. The minimum atomic E-state index is -0.789. The monoisotopic (exact) mass is 523 g/mol.